The highest BCUT2D eigenvalue weighted by Gasteiger charge is 2.22. The molecule has 0 saturated carbocycles. The third-order valence-corrected chi connectivity index (χ3v) is 5.43. The van der Waals surface area contributed by atoms with Crippen LogP contribution in [0.3, 0.4) is 0 Å². The summed E-state index contributed by atoms with van der Waals surface area (Å²) in [5.41, 5.74) is 0. The number of carbonyl (C=O) groups is 2. The number of aliphatic carboxylic acids is 1. The van der Waals surface area contributed by atoms with E-state index in [1.807, 2.05) is 13.8 Å². The highest BCUT2D eigenvalue weighted by atomic mass is 79.9. The largest absolute Gasteiger partial charge is 0.480 e. The van der Waals surface area contributed by atoms with Crippen LogP contribution < -0.4 is 5.32 Å². The van der Waals surface area contributed by atoms with Gasteiger partial charge in [-0.3, -0.25) is 4.79 Å². The van der Waals surface area contributed by atoms with Gasteiger partial charge in [0.05, 0.1) is 8.66 Å². The van der Waals surface area contributed by atoms with E-state index in [9.17, 15) is 9.59 Å². The van der Waals surface area contributed by atoms with Crippen molar-refractivity contribution in [1.29, 1.82) is 0 Å². The van der Waals surface area contributed by atoms with Crippen LogP contribution in [-0.4, -0.2) is 23.0 Å². The maximum atomic E-state index is 11.9. The van der Waals surface area contributed by atoms with Gasteiger partial charge in [-0.25, -0.2) is 4.79 Å². The maximum absolute atomic E-state index is 11.9. The van der Waals surface area contributed by atoms with E-state index in [2.05, 4.69) is 37.2 Å². The molecule has 0 aromatic carbocycles. The van der Waals surface area contributed by atoms with Gasteiger partial charge in [-0.05, 0) is 50.3 Å². The summed E-state index contributed by atoms with van der Waals surface area (Å²) >= 11 is 7.84. The Balaban J connectivity index is 2.75. The van der Waals surface area contributed by atoms with E-state index >= 15 is 0 Å². The number of nitrogens with one attached hydrogen (secondary N) is 1. The molecule has 0 radical (unpaired) electrons. The zero-order chi connectivity index (χ0) is 13.9. The zero-order valence-corrected chi connectivity index (χ0v) is 13.9. The van der Waals surface area contributed by atoms with Crippen molar-refractivity contribution >= 4 is 55.1 Å². The summed E-state index contributed by atoms with van der Waals surface area (Å²) in [5.74, 6) is -1.17. The topological polar surface area (TPSA) is 66.4 Å². The van der Waals surface area contributed by atoms with Gasteiger partial charge in [0.2, 0.25) is 0 Å². The van der Waals surface area contributed by atoms with Gasteiger partial charge in [0.25, 0.3) is 5.91 Å². The summed E-state index contributed by atoms with van der Waals surface area (Å²) in [4.78, 5) is 23.4. The van der Waals surface area contributed by atoms with Crippen LogP contribution in [0.25, 0.3) is 0 Å². The lowest BCUT2D eigenvalue weighted by Crippen LogP contribution is -2.41. The highest BCUT2D eigenvalue weighted by Crippen LogP contribution is 2.32. The molecule has 0 unspecified atom stereocenters. The Kier molecular flexibility index (Phi) is 5.81. The van der Waals surface area contributed by atoms with Crippen LogP contribution in [0.5, 0.6) is 0 Å². The summed E-state index contributed by atoms with van der Waals surface area (Å²) in [7, 11) is 0. The van der Waals surface area contributed by atoms with E-state index in [1.165, 1.54) is 11.3 Å². The summed E-state index contributed by atoms with van der Waals surface area (Å²) in [6.45, 7) is 3.83. The monoisotopic (exact) mass is 397 g/mol. The van der Waals surface area contributed by atoms with E-state index in [0.717, 1.165) is 8.26 Å². The number of carboxylic acid groups (broad SMARTS) is 1. The lowest BCUT2D eigenvalue weighted by molar-refractivity contribution is -0.139. The van der Waals surface area contributed by atoms with Crippen molar-refractivity contribution in [3.63, 3.8) is 0 Å². The fourth-order valence-corrected chi connectivity index (χ4v) is 3.32. The summed E-state index contributed by atoms with van der Waals surface area (Å²) < 4.78 is 1.59. The molecular formula is C11H13Br2NO3S. The van der Waals surface area contributed by atoms with Gasteiger partial charge >= 0.3 is 5.97 Å². The minimum Gasteiger partial charge on any atom is -0.480 e. The summed E-state index contributed by atoms with van der Waals surface area (Å²) in [5, 5.41) is 11.6. The third kappa shape index (κ3) is 4.37. The van der Waals surface area contributed by atoms with Gasteiger partial charge < -0.3 is 10.4 Å². The number of rotatable bonds is 5. The van der Waals surface area contributed by atoms with E-state index in [1.54, 1.807) is 6.07 Å². The first-order chi connectivity index (χ1) is 8.31. The molecule has 18 heavy (non-hydrogen) atoms. The van der Waals surface area contributed by atoms with Crippen LogP contribution in [0.15, 0.2) is 14.3 Å². The van der Waals surface area contributed by atoms with Crippen LogP contribution in [-0.2, 0) is 4.79 Å². The Hall–Kier alpha value is -0.400. The molecule has 7 heteroatoms. The first kappa shape index (κ1) is 15.7. The van der Waals surface area contributed by atoms with E-state index < -0.39 is 12.0 Å². The number of carboxylic acids is 1. The van der Waals surface area contributed by atoms with Crippen LogP contribution in [0.2, 0.25) is 0 Å². The Morgan fingerprint density at radius 2 is 2.06 bits per heavy atom. The Bertz CT molecular complexity index is 440. The number of thiophene rings is 1. The minimum absolute atomic E-state index is 0.202. The molecule has 1 amide bonds. The van der Waals surface area contributed by atoms with Gasteiger partial charge in [-0.15, -0.1) is 11.3 Å². The molecule has 1 aromatic rings. The lowest BCUT2D eigenvalue weighted by Gasteiger charge is -2.15. The molecule has 1 heterocycles. The van der Waals surface area contributed by atoms with Gasteiger partial charge in [-0.2, -0.15) is 0 Å². The average Bonchev–Trinajstić information content (AvgIpc) is 2.57. The smallest absolute Gasteiger partial charge is 0.326 e. The van der Waals surface area contributed by atoms with Crippen molar-refractivity contribution in [2.75, 3.05) is 0 Å². The van der Waals surface area contributed by atoms with Crippen molar-refractivity contribution in [1.82, 2.24) is 5.32 Å². The molecule has 1 rings (SSSR count). The van der Waals surface area contributed by atoms with Gasteiger partial charge in [0, 0.05) is 4.47 Å². The first-order valence-corrected chi connectivity index (χ1v) is 7.70. The van der Waals surface area contributed by atoms with Gasteiger partial charge in [0.1, 0.15) is 6.04 Å². The fourth-order valence-electron chi connectivity index (χ4n) is 1.38. The molecule has 0 saturated heterocycles. The number of amides is 1. The zero-order valence-electron chi connectivity index (χ0n) is 9.87. The number of halogens is 2. The summed E-state index contributed by atoms with van der Waals surface area (Å²) in [6, 6.07) is 0.815. The average molecular weight is 399 g/mol. The molecule has 1 aromatic heterocycles. The normalized spacial score (nSPS) is 12.5. The fraction of sp³-hybridized carbons (Fsp3) is 0.455. The molecule has 4 nitrogen and oxygen atoms in total. The lowest BCUT2D eigenvalue weighted by atomic mass is 10.0. The van der Waals surface area contributed by atoms with Crippen LogP contribution >= 0.6 is 43.2 Å². The molecule has 0 bridgehead atoms. The minimum atomic E-state index is -1.01. The molecule has 2 N–H and O–H groups in total. The Morgan fingerprint density at radius 1 is 1.44 bits per heavy atom. The van der Waals surface area contributed by atoms with Crippen molar-refractivity contribution in [3.8, 4) is 0 Å². The summed E-state index contributed by atoms with van der Waals surface area (Å²) in [6.07, 6.45) is 0.411. The SMILES string of the molecule is CC(C)C[C@H](NC(=O)c1cc(Br)c(Br)s1)C(=O)O. The standard InChI is InChI=1S/C11H13Br2NO3S/c1-5(2)3-7(11(16)17)14-10(15)8-4-6(12)9(13)18-8/h4-5,7H,3H2,1-2H3,(H,14,15)(H,16,17)/t7-/m0/s1. The second-order valence-electron chi connectivity index (χ2n) is 4.23. The molecule has 100 valence electrons. The second-order valence-corrected chi connectivity index (χ2v) is 7.45. The maximum Gasteiger partial charge on any atom is 0.326 e. The number of carbonyl (C=O) groups excluding carboxylic acids is 1. The van der Waals surface area contributed by atoms with E-state index in [0.29, 0.717) is 11.3 Å². The predicted molar refractivity (Wildman–Crippen MR) is 78.1 cm³/mol. The molecule has 0 aliphatic rings. The van der Waals surface area contributed by atoms with Crippen molar-refractivity contribution in [2.24, 2.45) is 5.92 Å². The Labute approximate surface area is 126 Å². The number of hydrogen-bond acceptors (Lipinski definition) is 3. The van der Waals surface area contributed by atoms with Crippen molar-refractivity contribution in [3.05, 3.63) is 19.2 Å². The van der Waals surface area contributed by atoms with Crippen LogP contribution in [0.4, 0.5) is 0 Å². The van der Waals surface area contributed by atoms with E-state index in [-0.39, 0.29) is 11.8 Å². The van der Waals surface area contributed by atoms with Crippen molar-refractivity contribution in [2.45, 2.75) is 26.3 Å². The van der Waals surface area contributed by atoms with Gasteiger partial charge in [0.15, 0.2) is 0 Å². The first-order valence-electron chi connectivity index (χ1n) is 5.29. The molecule has 0 aliphatic heterocycles. The predicted octanol–water partition coefficient (Wildman–Crippen LogP) is 3.50. The van der Waals surface area contributed by atoms with Gasteiger partial charge in [-0.1, -0.05) is 13.8 Å². The second kappa shape index (κ2) is 6.68. The molecule has 0 aliphatic carbocycles. The van der Waals surface area contributed by atoms with Crippen LogP contribution in [0, 0.1) is 5.92 Å². The molecule has 0 spiro atoms. The van der Waals surface area contributed by atoms with E-state index in [4.69, 9.17) is 5.11 Å². The van der Waals surface area contributed by atoms with Crippen molar-refractivity contribution < 1.29 is 14.7 Å². The molecule has 1 atom stereocenters. The molecule has 0 fully saturated rings. The Morgan fingerprint density at radius 3 is 2.44 bits per heavy atom. The highest BCUT2D eigenvalue weighted by molar-refractivity contribution is 9.13. The van der Waals surface area contributed by atoms with Crippen LogP contribution in [0.1, 0.15) is 29.9 Å². The quantitative estimate of drug-likeness (QED) is 0.797. The number of hydrogen-bond donors (Lipinski definition) is 2. The molecular weight excluding hydrogens is 386 g/mol. The third-order valence-electron chi connectivity index (χ3n) is 2.18.